The first kappa shape index (κ1) is 10.1. The number of rotatable bonds is 1. The van der Waals surface area contributed by atoms with Gasteiger partial charge in [-0.25, -0.2) is 0 Å². The summed E-state index contributed by atoms with van der Waals surface area (Å²) in [6, 6.07) is 0.283. The first-order chi connectivity index (χ1) is 7.84. The Morgan fingerprint density at radius 1 is 1.50 bits per heavy atom. The van der Waals surface area contributed by atoms with E-state index in [9.17, 15) is 0 Å². The highest BCUT2D eigenvalue weighted by Gasteiger charge is 2.24. The van der Waals surface area contributed by atoms with E-state index in [1.165, 1.54) is 11.3 Å². The van der Waals surface area contributed by atoms with Crippen LogP contribution in [-0.2, 0) is 17.8 Å². The average Bonchev–Trinajstić information content (AvgIpc) is 2.72. The number of nitrogens with zero attached hydrogens (tertiary/aromatic N) is 2. The van der Waals surface area contributed by atoms with Crippen molar-refractivity contribution in [3.8, 4) is 0 Å². The van der Waals surface area contributed by atoms with E-state index in [1.54, 1.807) is 0 Å². The van der Waals surface area contributed by atoms with E-state index in [-0.39, 0.29) is 6.04 Å². The lowest BCUT2D eigenvalue weighted by Gasteiger charge is -2.31. The van der Waals surface area contributed by atoms with Crippen LogP contribution in [-0.4, -0.2) is 35.9 Å². The highest BCUT2D eigenvalue weighted by atomic mass is 16.5. The van der Waals surface area contributed by atoms with Gasteiger partial charge in [0.1, 0.15) is 0 Å². The van der Waals surface area contributed by atoms with Crippen LogP contribution in [0.4, 0.5) is 5.82 Å². The number of hydrogen-bond donors (Lipinski definition) is 2. The molecule has 0 aliphatic carbocycles. The van der Waals surface area contributed by atoms with E-state index in [0.717, 1.165) is 44.8 Å². The van der Waals surface area contributed by atoms with Crippen LogP contribution in [0.25, 0.3) is 0 Å². The molecule has 5 heteroatoms. The number of fused-ring (bicyclic) bond motifs is 1. The van der Waals surface area contributed by atoms with Crippen LogP contribution < -0.4 is 10.6 Å². The summed E-state index contributed by atoms with van der Waals surface area (Å²) < 4.78 is 5.49. The van der Waals surface area contributed by atoms with Crippen LogP contribution >= 0.6 is 0 Å². The Labute approximate surface area is 94.9 Å². The van der Waals surface area contributed by atoms with Gasteiger partial charge in [0.25, 0.3) is 0 Å². The van der Waals surface area contributed by atoms with Gasteiger partial charge < -0.3 is 15.4 Å². The molecular formula is C11H18N4O. The Morgan fingerprint density at radius 3 is 3.31 bits per heavy atom. The number of ether oxygens (including phenoxy) is 1. The smallest absolute Gasteiger partial charge is 0.156 e. The first-order valence-corrected chi connectivity index (χ1v) is 5.99. The summed E-state index contributed by atoms with van der Waals surface area (Å²) in [6.07, 6.45) is 3.23. The van der Waals surface area contributed by atoms with Gasteiger partial charge in [0.15, 0.2) is 5.82 Å². The number of anilines is 1. The maximum absolute atomic E-state index is 6.00. The molecule has 1 saturated heterocycles. The van der Waals surface area contributed by atoms with E-state index in [1.807, 2.05) is 0 Å². The minimum absolute atomic E-state index is 0.283. The Bertz CT molecular complexity index is 376. The summed E-state index contributed by atoms with van der Waals surface area (Å²) in [5.41, 5.74) is 8.47. The number of aromatic nitrogens is 2. The van der Waals surface area contributed by atoms with Gasteiger partial charge in [0, 0.05) is 36.8 Å². The summed E-state index contributed by atoms with van der Waals surface area (Å²) >= 11 is 0. The molecule has 1 aromatic rings. The molecule has 1 fully saturated rings. The topological polar surface area (TPSA) is 67.2 Å². The van der Waals surface area contributed by atoms with Crippen molar-refractivity contribution in [1.82, 2.24) is 10.2 Å². The molecule has 3 rings (SSSR count). The van der Waals surface area contributed by atoms with Crippen molar-refractivity contribution in [2.75, 3.05) is 24.6 Å². The number of piperidine rings is 1. The van der Waals surface area contributed by atoms with E-state index >= 15 is 0 Å². The number of aromatic amines is 1. The van der Waals surface area contributed by atoms with Crippen LogP contribution in [0.15, 0.2) is 0 Å². The third-order valence-electron chi connectivity index (χ3n) is 3.43. The van der Waals surface area contributed by atoms with Crippen LogP contribution in [0.2, 0.25) is 0 Å². The molecule has 16 heavy (non-hydrogen) atoms. The molecule has 2 aliphatic heterocycles. The second kappa shape index (κ2) is 4.07. The Morgan fingerprint density at radius 2 is 2.44 bits per heavy atom. The molecule has 1 atom stereocenters. The third-order valence-corrected chi connectivity index (χ3v) is 3.43. The molecule has 1 aromatic heterocycles. The zero-order valence-electron chi connectivity index (χ0n) is 9.41. The van der Waals surface area contributed by atoms with E-state index in [0.29, 0.717) is 6.61 Å². The Balaban J connectivity index is 1.85. The number of H-pyrrole nitrogens is 1. The fourth-order valence-corrected chi connectivity index (χ4v) is 2.56. The summed E-state index contributed by atoms with van der Waals surface area (Å²) in [4.78, 5) is 2.29. The van der Waals surface area contributed by atoms with Crippen LogP contribution in [0.5, 0.6) is 0 Å². The van der Waals surface area contributed by atoms with Gasteiger partial charge in [-0.2, -0.15) is 5.10 Å². The highest BCUT2D eigenvalue weighted by Crippen LogP contribution is 2.27. The van der Waals surface area contributed by atoms with Gasteiger partial charge >= 0.3 is 0 Å². The fraction of sp³-hybridized carbons (Fsp3) is 0.727. The standard InChI is InChI=1S/C11H18N4O/c12-8-2-1-4-15(6-8)11-9-7-16-5-3-10(9)13-14-11/h8H,1-7,12H2,(H,13,14). The van der Waals surface area contributed by atoms with Gasteiger partial charge in [-0.05, 0) is 12.8 Å². The van der Waals surface area contributed by atoms with Crippen LogP contribution in [0.3, 0.4) is 0 Å². The summed E-state index contributed by atoms with van der Waals surface area (Å²) in [5.74, 6) is 1.06. The van der Waals surface area contributed by atoms with Crippen LogP contribution in [0.1, 0.15) is 24.1 Å². The monoisotopic (exact) mass is 222 g/mol. The molecule has 0 spiro atoms. The summed E-state index contributed by atoms with van der Waals surface area (Å²) in [6.45, 7) is 3.46. The second-order valence-electron chi connectivity index (χ2n) is 4.66. The second-order valence-corrected chi connectivity index (χ2v) is 4.66. The zero-order chi connectivity index (χ0) is 11.0. The summed E-state index contributed by atoms with van der Waals surface area (Å²) in [7, 11) is 0. The molecule has 0 radical (unpaired) electrons. The molecule has 0 saturated carbocycles. The molecule has 1 unspecified atom stereocenters. The quantitative estimate of drug-likeness (QED) is 0.722. The molecule has 3 N–H and O–H groups in total. The van der Waals surface area contributed by atoms with Gasteiger partial charge in [-0.1, -0.05) is 0 Å². The minimum Gasteiger partial charge on any atom is -0.376 e. The van der Waals surface area contributed by atoms with E-state index in [4.69, 9.17) is 10.5 Å². The van der Waals surface area contributed by atoms with Crippen molar-refractivity contribution >= 4 is 5.82 Å². The SMILES string of the molecule is NC1CCCN(c2n[nH]c3c2COCC3)C1. The van der Waals surface area contributed by atoms with E-state index < -0.39 is 0 Å². The molecule has 88 valence electrons. The largest absolute Gasteiger partial charge is 0.376 e. The van der Waals surface area contributed by atoms with Crippen molar-refractivity contribution in [3.05, 3.63) is 11.3 Å². The summed E-state index contributed by atoms with van der Waals surface area (Å²) in [5, 5.41) is 7.55. The lowest BCUT2D eigenvalue weighted by Crippen LogP contribution is -2.43. The molecule has 5 nitrogen and oxygen atoms in total. The maximum atomic E-state index is 6.00. The van der Waals surface area contributed by atoms with Crippen molar-refractivity contribution in [2.45, 2.75) is 31.9 Å². The predicted octanol–water partition coefficient (Wildman–Crippen LogP) is 0.410. The van der Waals surface area contributed by atoms with Crippen molar-refractivity contribution in [2.24, 2.45) is 5.73 Å². The maximum Gasteiger partial charge on any atom is 0.156 e. The molecule has 2 aliphatic rings. The first-order valence-electron chi connectivity index (χ1n) is 5.99. The van der Waals surface area contributed by atoms with Crippen LogP contribution in [0, 0.1) is 0 Å². The van der Waals surface area contributed by atoms with E-state index in [2.05, 4.69) is 15.1 Å². The van der Waals surface area contributed by atoms with Gasteiger partial charge in [0.2, 0.25) is 0 Å². The average molecular weight is 222 g/mol. The molecule has 0 amide bonds. The third kappa shape index (κ3) is 1.70. The normalized spacial score (nSPS) is 25.6. The molecular weight excluding hydrogens is 204 g/mol. The highest BCUT2D eigenvalue weighted by molar-refractivity contribution is 5.50. The lowest BCUT2D eigenvalue weighted by molar-refractivity contribution is 0.110. The van der Waals surface area contributed by atoms with Gasteiger partial charge in [-0.15, -0.1) is 0 Å². The zero-order valence-corrected chi connectivity index (χ0v) is 9.41. The molecule has 0 aromatic carbocycles. The van der Waals surface area contributed by atoms with Gasteiger partial charge in [0.05, 0.1) is 13.2 Å². The number of nitrogens with one attached hydrogen (secondary N) is 1. The molecule has 3 heterocycles. The van der Waals surface area contributed by atoms with Crippen molar-refractivity contribution in [3.63, 3.8) is 0 Å². The van der Waals surface area contributed by atoms with Crippen molar-refractivity contribution < 1.29 is 4.74 Å². The minimum atomic E-state index is 0.283. The van der Waals surface area contributed by atoms with Crippen molar-refractivity contribution in [1.29, 1.82) is 0 Å². The van der Waals surface area contributed by atoms with Gasteiger partial charge in [-0.3, -0.25) is 5.10 Å². The number of nitrogens with two attached hydrogens (primary N) is 1. The fourth-order valence-electron chi connectivity index (χ4n) is 2.56. The molecule has 0 bridgehead atoms. The lowest BCUT2D eigenvalue weighted by atomic mass is 10.1. The number of hydrogen-bond acceptors (Lipinski definition) is 4. The predicted molar refractivity (Wildman–Crippen MR) is 61.4 cm³/mol. The Kier molecular flexibility index (Phi) is 2.57. The Hall–Kier alpha value is -1.07.